The molecule has 0 aliphatic carbocycles. The molecule has 10 nitrogen and oxygen atoms in total. The number of nitrogens with one attached hydrogen (secondary N) is 1. The van der Waals surface area contributed by atoms with Gasteiger partial charge in [-0.1, -0.05) is 41.5 Å². The lowest BCUT2D eigenvalue weighted by Crippen LogP contribution is -2.44. The second kappa shape index (κ2) is 10.8. The third-order valence-electron chi connectivity index (χ3n) is 4.72. The van der Waals surface area contributed by atoms with Gasteiger partial charge < -0.3 is 14.2 Å². The molecule has 0 radical (unpaired) electrons. The zero-order valence-corrected chi connectivity index (χ0v) is 19.8. The molecule has 1 fully saturated rings. The van der Waals surface area contributed by atoms with Crippen LogP contribution in [0.25, 0.3) is 0 Å². The zero-order valence-electron chi connectivity index (χ0n) is 19.0. The van der Waals surface area contributed by atoms with Gasteiger partial charge in [-0.05, 0) is 0 Å². The number of rotatable bonds is 8. The Bertz CT molecular complexity index is 952. The van der Waals surface area contributed by atoms with E-state index >= 15 is 0 Å². The van der Waals surface area contributed by atoms with Gasteiger partial charge in [0.1, 0.15) is 12.0 Å². The first-order valence-electron chi connectivity index (χ1n) is 10.5. The minimum absolute atomic E-state index is 0.109. The Labute approximate surface area is 190 Å². The number of hydrogen-bond acceptors (Lipinski definition) is 9. The fourth-order valence-corrected chi connectivity index (χ4v) is 4.37. The Hall–Kier alpha value is -2.56. The Morgan fingerprint density at radius 3 is 1.97 bits per heavy atom. The van der Waals surface area contributed by atoms with Crippen molar-refractivity contribution in [3.05, 3.63) is 33.1 Å². The lowest BCUT2D eigenvalue weighted by molar-refractivity contribution is -0.173. The van der Waals surface area contributed by atoms with Gasteiger partial charge in [0, 0.05) is 12.3 Å². The van der Waals surface area contributed by atoms with Crippen LogP contribution < -0.4 is 11.2 Å². The fraction of sp³-hybridized carbons (Fsp3) is 0.667. The summed E-state index contributed by atoms with van der Waals surface area (Å²) in [6, 6.07) is 1.17. The summed E-state index contributed by atoms with van der Waals surface area (Å²) in [5.41, 5.74) is -1.27. The van der Waals surface area contributed by atoms with Gasteiger partial charge in [0.15, 0.2) is 12.2 Å². The van der Waals surface area contributed by atoms with Crippen molar-refractivity contribution in [1.82, 2.24) is 9.55 Å². The highest BCUT2D eigenvalue weighted by Crippen LogP contribution is 2.45. The van der Waals surface area contributed by atoms with Crippen LogP contribution in [-0.2, 0) is 28.6 Å². The highest BCUT2D eigenvalue weighted by molar-refractivity contribution is 8.00. The molecule has 1 aliphatic heterocycles. The zero-order chi connectivity index (χ0) is 24.2. The predicted octanol–water partition coefficient (Wildman–Crippen LogP) is 1.49. The van der Waals surface area contributed by atoms with Crippen LogP contribution in [-0.4, -0.2) is 51.5 Å². The molecule has 1 aromatic rings. The molecule has 32 heavy (non-hydrogen) atoms. The lowest BCUT2D eigenvalue weighted by Gasteiger charge is -2.27. The molecular weight excluding hydrogens is 440 g/mol. The summed E-state index contributed by atoms with van der Waals surface area (Å²) in [5, 5.41) is -1.41. The van der Waals surface area contributed by atoms with Crippen molar-refractivity contribution >= 4 is 29.7 Å². The number of ether oxygens (including phenoxy) is 3. The maximum atomic E-state index is 12.5. The smallest absolute Gasteiger partial charge is 0.329 e. The van der Waals surface area contributed by atoms with E-state index in [0.717, 1.165) is 0 Å². The first-order valence-corrected chi connectivity index (χ1v) is 11.4. The van der Waals surface area contributed by atoms with Gasteiger partial charge in [-0.15, -0.1) is 11.8 Å². The number of nitrogens with zero attached hydrogens (tertiary/aromatic N) is 1. The van der Waals surface area contributed by atoms with Gasteiger partial charge in [-0.2, -0.15) is 0 Å². The van der Waals surface area contributed by atoms with Crippen molar-refractivity contribution in [3.63, 3.8) is 0 Å². The van der Waals surface area contributed by atoms with E-state index in [0.29, 0.717) is 0 Å². The number of H-pyrrole nitrogens is 1. The number of hydrogen-bond donors (Lipinski definition) is 1. The quantitative estimate of drug-likeness (QED) is 0.443. The molecule has 2 heterocycles. The van der Waals surface area contributed by atoms with Crippen LogP contribution in [0, 0.1) is 17.8 Å². The van der Waals surface area contributed by atoms with E-state index in [9.17, 15) is 24.0 Å². The van der Waals surface area contributed by atoms with E-state index in [1.165, 1.54) is 28.6 Å². The SMILES string of the molecule is CC(C)C(=O)OC[C@H]1S[C@@H](n2ccc(=O)[nH]c2=O)C(OC(=O)C(C)C)C1OC(=O)C(C)C. The normalized spacial score (nSPS) is 22.9. The van der Waals surface area contributed by atoms with Crippen molar-refractivity contribution in [2.45, 2.75) is 64.4 Å². The van der Waals surface area contributed by atoms with Crippen LogP contribution in [0.5, 0.6) is 0 Å². The molecule has 1 aromatic heterocycles. The van der Waals surface area contributed by atoms with E-state index < -0.39 is 63.8 Å². The summed E-state index contributed by atoms with van der Waals surface area (Å²) in [6.07, 6.45) is -0.718. The number of carbonyl (C=O) groups is 3. The Morgan fingerprint density at radius 2 is 1.47 bits per heavy atom. The number of esters is 3. The maximum absolute atomic E-state index is 12.5. The monoisotopic (exact) mass is 470 g/mol. The molecule has 1 aliphatic rings. The van der Waals surface area contributed by atoms with Crippen molar-refractivity contribution in [3.8, 4) is 0 Å². The molecule has 178 valence electrons. The molecule has 0 saturated carbocycles. The van der Waals surface area contributed by atoms with E-state index in [1.807, 2.05) is 0 Å². The van der Waals surface area contributed by atoms with Crippen molar-refractivity contribution in [2.24, 2.45) is 17.8 Å². The maximum Gasteiger partial charge on any atom is 0.329 e. The summed E-state index contributed by atoms with van der Waals surface area (Å²) < 4.78 is 17.9. The first-order chi connectivity index (χ1) is 14.9. The van der Waals surface area contributed by atoms with Crippen LogP contribution in [0.2, 0.25) is 0 Å². The van der Waals surface area contributed by atoms with Crippen LogP contribution in [0.1, 0.15) is 46.9 Å². The van der Waals surface area contributed by atoms with Gasteiger partial charge >= 0.3 is 23.6 Å². The first kappa shape index (κ1) is 25.7. The Balaban J connectivity index is 2.46. The van der Waals surface area contributed by atoms with Gasteiger partial charge in [0.05, 0.1) is 23.0 Å². The highest BCUT2D eigenvalue weighted by atomic mass is 32.2. The van der Waals surface area contributed by atoms with E-state index in [2.05, 4.69) is 4.98 Å². The largest absolute Gasteiger partial charge is 0.464 e. The average Bonchev–Trinajstić information content (AvgIpc) is 3.02. The summed E-state index contributed by atoms with van der Waals surface area (Å²) in [5.74, 6) is -2.76. The molecule has 0 amide bonds. The summed E-state index contributed by atoms with van der Waals surface area (Å²) in [4.78, 5) is 63.0. The third kappa shape index (κ3) is 6.24. The van der Waals surface area contributed by atoms with Gasteiger partial charge in [0.25, 0.3) is 5.56 Å². The highest BCUT2D eigenvalue weighted by Gasteiger charge is 2.51. The summed E-state index contributed by atoms with van der Waals surface area (Å²) >= 11 is 1.17. The number of aromatic nitrogens is 2. The Kier molecular flexibility index (Phi) is 8.71. The second-order valence-electron chi connectivity index (χ2n) is 8.48. The molecule has 0 spiro atoms. The van der Waals surface area contributed by atoms with Crippen LogP contribution in [0.3, 0.4) is 0 Å². The number of thioether (sulfide) groups is 1. The van der Waals surface area contributed by atoms with Crippen LogP contribution >= 0.6 is 11.8 Å². The average molecular weight is 471 g/mol. The molecule has 0 bridgehead atoms. The van der Waals surface area contributed by atoms with Crippen LogP contribution in [0.15, 0.2) is 21.9 Å². The molecule has 2 rings (SSSR count). The van der Waals surface area contributed by atoms with Gasteiger partial charge in [0.2, 0.25) is 0 Å². The minimum atomic E-state index is -1.04. The van der Waals surface area contributed by atoms with Crippen molar-refractivity contribution in [2.75, 3.05) is 6.61 Å². The fourth-order valence-electron chi connectivity index (χ4n) is 2.83. The molecule has 11 heteroatoms. The minimum Gasteiger partial charge on any atom is -0.464 e. The van der Waals surface area contributed by atoms with E-state index in [1.54, 1.807) is 41.5 Å². The molecule has 0 aromatic carbocycles. The molecule has 4 atom stereocenters. The van der Waals surface area contributed by atoms with Crippen molar-refractivity contribution in [1.29, 1.82) is 0 Å². The lowest BCUT2D eigenvalue weighted by atomic mass is 10.1. The Morgan fingerprint density at radius 1 is 0.938 bits per heavy atom. The molecule has 1 saturated heterocycles. The predicted molar refractivity (Wildman–Crippen MR) is 117 cm³/mol. The standard InChI is InChI=1S/C21H30N2O8S/c1-10(2)18(25)29-9-13-15(30-19(26)11(3)4)16(31-20(27)12(5)6)17(32-13)23-8-7-14(24)22-21(23)28/h7-8,10-13,15-17H,9H2,1-6H3,(H,22,24,28)/t13-,15?,16?,17-/m1/s1. The van der Waals surface area contributed by atoms with Crippen molar-refractivity contribution < 1.29 is 28.6 Å². The topological polar surface area (TPSA) is 134 Å². The summed E-state index contributed by atoms with van der Waals surface area (Å²) in [6.45, 7) is 9.91. The molecule has 2 unspecified atom stereocenters. The summed E-state index contributed by atoms with van der Waals surface area (Å²) in [7, 11) is 0. The number of carbonyl (C=O) groups excluding carboxylic acids is 3. The number of aromatic amines is 1. The van der Waals surface area contributed by atoms with Crippen LogP contribution in [0.4, 0.5) is 0 Å². The van der Waals surface area contributed by atoms with Gasteiger partial charge in [-0.3, -0.25) is 28.7 Å². The molecular formula is C21H30N2O8S. The van der Waals surface area contributed by atoms with E-state index in [4.69, 9.17) is 14.2 Å². The molecule has 1 N–H and O–H groups in total. The second-order valence-corrected chi connectivity index (χ2v) is 9.84. The third-order valence-corrected chi connectivity index (χ3v) is 6.25. The van der Waals surface area contributed by atoms with E-state index in [-0.39, 0.29) is 12.5 Å². The van der Waals surface area contributed by atoms with Gasteiger partial charge in [-0.25, -0.2) is 4.79 Å².